The van der Waals surface area contributed by atoms with Gasteiger partial charge in [0, 0.05) is 0 Å². The Balaban J connectivity index is 3.24. The van der Waals surface area contributed by atoms with Crippen molar-refractivity contribution >= 4 is 63.3 Å². The fraction of sp³-hybridized carbons (Fsp3) is 0.200. The normalized spacial score (nSPS) is 11.4. The highest BCUT2D eigenvalue weighted by Gasteiger charge is 2.15. The number of benzene rings is 1. The molecule has 0 aliphatic rings. The molecule has 0 spiro atoms. The summed E-state index contributed by atoms with van der Waals surface area (Å²) in [4.78, 5) is 15.5. The lowest BCUT2D eigenvalue weighted by Crippen LogP contribution is -2.12. The van der Waals surface area contributed by atoms with Gasteiger partial charge in [-0.2, -0.15) is 0 Å². The number of carbonyl (C=O) groups excluding carboxylic acids is 1. The first-order valence-corrected chi connectivity index (χ1v) is 6.45. The third kappa shape index (κ3) is 3.46. The number of halogens is 3. The SMILES string of the molecule is COC(=O)c1ccc(N=C(N)CCl)c(I)c1Cl. The molecule has 0 radical (unpaired) electrons. The molecule has 0 heterocycles. The quantitative estimate of drug-likeness (QED) is 0.285. The second kappa shape index (κ2) is 6.42. The van der Waals surface area contributed by atoms with Crippen molar-refractivity contribution in [2.45, 2.75) is 0 Å². The van der Waals surface area contributed by atoms with Crippen molar-refractivity contribution in [1.82, 2.24) is 0 Å². The van der Waals surface area contributed by atoms with Crippen LogP contribution in [-0.4, -0.2) is 24.8 Å². The van der Waals surface area contributed by atoms with Gasteiger partial charge < -0.3 is 10.5 Å². The molecule has 1 aromatic rings. The fourth-order valence-electron chi connectivity index (χ4n) is 1.08. The minimum absolute atomic E-state index is 0.131. The largest absolute Gasteiger partial charge is 0.465 e. The van der Waals surface area contributed by atoms with E-state index in [4.69, 9.17) is 28.9 Å². The van der Waals surface area contributed by atoms with E-state index in [1.807, 2.05) is 22.6 Å². The van der Waals surface area contributed by atoms with Crippen molar-refractivity contribution in [2.75, 3.05) is 13.0 Å². The molecule has 0 unspecified atom stereocenters. The van der Waals surface area contributed by atoms with Crippen molar-refractivity contribution in [1.29, 1.82) is 0 Å². The lowest BCUT2D eigenvalue weighted by atomic mass is 10.2. The summed E-state index contributed by atoms with van der Waals surface area (Å²) in [5.74, 6) is -0.0767. The zero-order valence-corrected chi connectivity index (χ0v) is 12.5. The van der Waals surface area contributed by atoms with Crippen LogP contribution in [0, 0.1) is 3.57 Å². The number of nitrogens with zero attached hydrogens (tertiary/aromatic N) is 1. The molecule has 0 bridgehead atoms. The third-order valence-electron chi connectivity index (χ3n) is 1.87. The zero-order chi connectivity index (χ0) is 13.0. The summed E-state index contributed by atoms with van der Waals surface area (Å²) in [5, 5.41) is 0.293. The van der Waals surface area contributed by atoms with E-state index in [0.29, 0.717) is 19.8 Å². The van der Waals surface area contributed by atoms with E-state index in [9.17, 15) is 4.79 Å². The monoisotopic (exact) mass is 386 g/mol. The number of rotatable bonds is 3. The van der Waals surface area contributed by atoms with Gasteiger partial charge in [-0.15, -0.1) is 11.6 Å². The summed E-state index contributed by atoms with van der Waals surface area (Å²) >= 11 is 13.6. The topological polar surface area (TPSA) is 64.7 Å². The van der Waals surface area contributed by atoms with Crippen LogP contribution in [0.3, 0.4) is 0 Å². The number of hydrogen-bond acceptors (Lipinski definition) is 3. The molecular formula is C10H9Cl2IN2O2. The van der Waals surface area contributed by atoms with Gasteiger partial charge >= 0.3 is 5.97 Å². The molecule has 0 saturated carbocycles. The fourth-order valence-corrected chi connectivity index (χ4v) is 1.97. The average Bonchev–Trinajstić information content (AvgIpc) is 2.34. The maximum Gasteiger partial charge on any atom is 0.339 e. The van der Waals surface area contributed by atoms with E-state index in [1.54, 1.807) is 6.07 Å². The molecule has 0 saturated heterocycles. The van der Waals surface area contributed by atoms with Crippen molar-refractivity contribution in [2.24, 2.45) is 10.7 Å². The standard InChI is InChI=1S/C10H9Cl2IN2O2/c1-17-10(16)5-2-3-6(9(13)8(5)12)15-7(14)4-11/h2-3H,4H2,1H3,(H2,14,15). The van der Waals surface area contributed by atoms with Crippen molar-refractivity contribution in [3.8, 4) is 0 Å². The molecule has 0 aliphatic heterocycles. The smallest absolute Gasteiger partial charge is 0.339 e. The summed E-state index contributed by atoms with van der Waals surface area (Å²) in [6.45, 7) is 0. The maximum atomic E-state index is 11.4. The molecule has 2 N–H and O–H groups in total. The minimum atomic E-state index is -0.492. The average molecular weight is 387 g/mol. The Hall–Kier alpha value is -0.530. The number of amidine groups is 1. The second-order valence-electron chi connectivity index (χ2n) is 2.99. The molecule has 92 valence electrons. The predicted molar refractivity (Wildman–Crippen MR) is 77.5 cm³/mol. The first-order chi connectivity index (χ1) is 8.01. The lowest BCUT2D eigenvalue weighted by molar-refractivity contribution is 0.0601. The lowest BCUT2D eigenvalue weighted by Gasteiger charge is -2.07. The number of ether oxygens (including phenoxy) is 1. The Labute approximate surface area is 122 Å². The van der Waals surface area contributed by atoms with Gasteiger partial charge in [0.2, 0.25) is 0 Å². The Kier molecular flexibility index (Phi) is 5.48. The van der Waals surface area contributed by atoms with E-state index in [0.717, 1.165) is 0 Å². The van der Waals surface area contributed by atoms with E-state index in [-0.39, 0.29) is 11.7 Å². The number of hydrogen-bond donors (Lipinski definition) is 1. The highest BCUT2D eigenvalue weighted by atomic mass is 127. The summed E-state index contributed by atoms with van der Waals surface area (Å²) in [5.41, 5.74) is 6.39. The van der Waals surface area contributed by atoms with Gasteiger partial charge in [0.15, 0.2) is 0 Å². The number of nitrogens with two attached hydrogens (primary N) is 1. The molecule has 7 heteroatoms. The molecular weight excluding hydrogens is 378 g/mol. The molecule has 1 aromatic carbocycles. The van der Waals surface area contributed by atoms with Gasteiger partial charge in [-0.3, -0.25) is 0 Å². The van der Waals surface area contributed by atoms with Gasteiger partial charge in [0.1, 0.15) is 5.84 Å². The maximum absolute atomic E-state index is 11.4. The first-order valence-electron chi connectivity index (χ1n) is 4.46. The Morgan fingerprint density at radius 2 is 2.24 bits per heavy atom. The van der Waals surface area contributed by atoms with Crippen LogP contribution in [0.4, 0.5) is 5.69 Å². The number of alkyl halides is 1. The Bertz CT molecular complexity index is 478. The second-order valence-corrected chi connectivity index (χ2v) is 4.71. The third-order valence-corrected chi connectivity index (χ3v) is 3.95. The Morgan fingerprint density at radius 1 is 1.59 bits per heavy atom. The number of methoxy groups -OCH3 is 1. The molecule has 17 heavy (non-hydrogen) atoms. The number of esters is 1. The minimum Gasteiger partial charge on any atom is -0.465 e. The van der Waals surface area contributed by atoms with E-state index in [2.05, 4.69) is 9.73 Å². The van der Waals surface area contributed by atoms with Gasteiger partial charge in [-0.25, -0.2) is 9.79 Å². The summed E-state index contributed by atoms with van der Waals surface area (Å²) < 4.78 is 5.23. The summed E-state index contributed by atoms with van der Waals surface area (Å²) in [7, 11) is 1.29. The van der Waals surface area contributed by atoms with Crippen LogP contribution in [0.5, 0.6) is 0 Å². The van der Waals surface area contributed by atoms with Crippen LogP contribution in [0.1, 0.15) is 10.4 Å². The molecule has 4 nitrogen and oxygen atoms in total. The molecule has 0 aliphatic carbocycles. The van der Waals surface area contributed by atoms with Gasteiger partial charge in [0.25, 0.3) is 0 Å². The molecule has 0 fully saturated rings. The van der Waals surface area contributed by atoms with Gasteiger partial charge in [-0.05, 0) is 34.7 Å². The van der Waals surface area contributed by atoms with Gasteiger partial charge in [-0.1, -0.05) is 11.6 Å². The van der Waals surface area contributed by atoms with Crippen LogP contribution in [0.25, 0.3) is 0 Å². The predicted octanol–water partition coefficient (Wildman–Crippen LogP) is 2.96. The summed E-state index contributed by atoms with van der Waals surface area (Å²) in [6.07, 6.45) is 0. The van der Waals surface area contributed by atoms with Crippen LogP contribution in [0.15, 0.2) is 17.1 Å². The van der Waals surface area contributed by atoms with Crippen LogP contribution >= 0.6 is 45.8 Å². The zero-order valence-electron chi connectivity index (χ0n) is 8.84. The molecule has 1 rings (SSSR count). The highest BCUT2D eigenvalue weighted by molar-refractivity contribution is 14.1. The first kappa shape index (κ1) is 14.5. The number of carbonyl (C=O) groups is 1. The van der Waals surface area contributed by atoms with Crippen molar-refractivity contribution in [3.05, 3.63) is 26.3 Å². The Morgan fingerprint density at radius 3 is 2.76 bits per heavy atom. The highest BCUT2D eigenvalue weighted by Crippen LogP contribution is 2.31. The van der Waals surface area contributed by atoms with Crippen molar-refractivity contribution in [3.63, 3.8) is 0 Å². The van der Waals surface area contributed by atoms with Crippen LogP contribution in [-0.2, 0) is 4.74 Å². The van der Waals surface area contributed by atoms with Crippen LogP contribution in [0.2, 0.25) is 5.02 Å². The van der Waals surface area contributed by atoms with Gasteiger partial charge in [0.05, 0.1) is 32.8 Å². The van der Waals surface area contributed by atoms with E-state index >= 15 is 0 Å². The van der Waals surface area contributed by atoms with Crippen LogP contribution < -0.4 is 5.73 Å². The van der Waals surface area contributed by atoms with E-state index < -0.39 is 5.97 Å². The van der Waals surface area contributed by atoms with E-state index in [1.165, 1.54) is 13.2 Å². The molecule has 0 amide bonds. The molecule has 0 atom stereocenters. The molecule has 0 aromatic heterocycles. The summed E-state index contributed by atoms with van der Waals surface area (Å²) in [6, 6.07) is 3.18. The van der Waals surface area contributed by atoms with Crippen molar-refractivity contribution < 1.29 is 9.53 Å². The number of aliphatic imine (C=N–C) groups is 1.